The Labute approximate surface area is 96.4 Å². The molecular weight excluding hydrogens is 226 g/mol. The van der Waals surface area contributed by atoms with Crippen LogP contribution in [0.4, 0.5) is 0 Å². The number of carbonyl (C=O) groups is 1. The fourth-order valence-electron chi connectivity index (χ4n) is 1.19. The predicted octanol–water partition coefficient (Wildman–Crippen LogP) is 1.41. The van der Waals surface area contributed by atoms with E-state index in [1.54, 1.807) is 24.8 Å². The highest BCUT2D eigenvalue weighted by molar-refractivity contribution is 7.12. The molecule has 0 aliphatic rings. The quantitative estimate of drug-likeness (QED) is 0.844. The molecule has 5 nitrogen and oxygen atoms in total. The second-order valence-corrected chi connectivity index (χ2v) is 4.03. The highest BCUT2D eigenvalue weighted by Gasteiger charge is 2.09. The van der Waals surface area contributed by atoms with Crippen molar-refractivity contribution in [1.29, 1.82) is 0 Å². The minimum Gasteiger partial charge on any atom is -0.496 e. The van der Waals surface area contributed by atoms with Gasteiger partial charge in [-0.15, -0.1) is 11.3 Å². The average Bonchev–Trinajstić information content (AvgIpc) is 2.96. The van der Waals surface area contributed by atoms with E-state index in [4.69, 9.17) is 4.74 Å². The topological polar surface area (TPSA) is 67.0 Å². The molecule has 1 amide bonds. The van der Waals surface area contributed by atoms with Gasteiger partial charge >= 0.3 is 0 Å². The Bertz CT molecular complexity index is 464. The van der Waals surface area contributed by atoms with Crippen molar-refractivity contribution in [2.75, 3.05) is 7.11 Å². The fourth-order valence-corrected chi connectivity index (χ4v) is 1.96. The van der Waals surface area contributed by atoms with Gasteiger partial charge in [0.1, 0.15) is 5.75 Å². The van der Waals surface area contributed by atoms with Gasteiger partial charge in [0, 0.05) is 17.6 Å². The fraction of sp³-hybridized carbons (Fsp3) is 0.200. The van der Waals surface area contributed by atoms with E-state index in [1.165, 1.54) is 11.3 Å². The molecule has 0 aromatic carbocycles. The number of H-pyrrole nitrogens is 1. The summed E-state index contributed by atoms with van der Waals surface area (Å²) in [5.74, 6) is 0.597. The second-order valence-electron chi connectivity index (χ2n) is 3.12. The van der Waals surface area contributed by atoms with E-state index < -0.39 is 0 Å². The van der Waals surface area contributed by atoms with Gasteiger partial charge in [0.15, 0.2) is 0 Å². The number of carbonyl (C=O) groups excluding carboxylic acids is 1. The van der Waals surface area contributed by atoms with Gasteiger partial charge in [-0.3, -0.25) is 9.89 Å². The molecule has 2 N–H and O–H groups in total. The minimum atomic E-state index is -0.108. The van der Waals surface area contributed by atoms with Gasteiger partial charge in [0.2, 0.25) is 0 Å². The molecule has 2 aromatic rings. The number of amides is 1. The van der Waals surface area contributed by atoms with Crippen molar-refractivity contribution < 1.29 is 9.53 Å². The van der Waals surface area contributed by atoms with Crippen molar-refractivity contribution in [2.45, 2.75) is 6.54 Å². The van der Waals surface area contributed by atoms with E-state index >= 15 is 0 Å². The first-order chi connectivity index (χ1) is 7.79. The van der Waals surface area contributed by atoms with Crippen molar-refractivity contribution >= 4 is 17.2 Å². The molecule has 0 atom stereocenters. The zero-order valence-corrected chi connectivity index (χ0v) is 9.50. The van der Waals surface area contributed by atoms with E-state index in [2.05, 4.69) is 15.5 Å². The van der Waals surface area contributed by atoms with Crippen molar-refractivity contribution in [3.8, 4) is 5.75 Å². The van der Waals surface area contributed by atoms with Crippen LogP contribution >= 0.6 is 11.3 Å². The Kier molecular flexibility index (Phi) is 3.21. The molecule has 0 saturated carbocycles. The van der Waals surface area contributed by atoms with Crippen molar-refractivity contribution in [3.63, 3.8) is 0 Å². The van der Waals surface area contributed by atoms with Crippen LogP contribution in [0.3, 0.4) is 0 Å². The third kappa shape index (κ3) is 2.40. The summed E-state index contributed by atoms with van der Waals surface area (Å²) in [6, 6.07) is 3.53. The summed E-state index contributed by atoms with van der Waals surface area (Å²) < 4.78 is 5.01. The third-order valence-electron chi connectivity index (χ3n) is 2.03. The molecule has 0 spiro atoms. The number of nitrogens with one attached hydrogen (secondary N) is 2. The number of ether oxygens (including phenoxy) is 1. The van der Waals surface area contributed by atoms with Crippen molar-refractivity contribution in [2.24, 2.45) is 0 Å². The van der Waals surface area contributed by atoms with E-state index in [9.17, 15) is 4.79 Å². The summed E-state index contributed by atoms with van der Waals surface area (Å²) in [5, 5.41) is 11.2. The number of hydrogen-bond acceptors (Lipinski definition) is 4. The number of aromatic amines is 1. The first-order valence-corrected chi connectivity index (χ1v) is 5.56. The highest BCUT2D eigenvalue weighted by Crippen LogP contribution is 2.20. The summed E-state index contributed by atoms with van der Waals surface area (Å²) in [7, 11) is 1.58. The molecule has 0 unspecified atom stereocenters. The Morgan fingerprint density at radius 1 is 1.69 bits per heavy atom. The lowest BCUT2D eigenvalue weighted by Gasteiger charge is -2.00. The molecule has 6 heteroatoms. The molecule has 0 saturated heterocycles. The number of hydrogen-bond donors (Lipinski definition) is 2. The highest BCUT2D eigenvalue weighted by atomic mass is 32.1. The summed E-state index contributed by atoms with van der Waals surface area (Å²) >= 11 is 1.36. The molecule has 2 rings (SSSR count). The first-order valence-electron chi connectivity index (χ1n) is 4.68. The lowest BCUT2D eigenvalue weighted by molar-refractivity contribution is 0.0954. The number of methoxy groups -OCH3 is 1. The number of aromatic nitrogens is 2. The van der Waals surface area contributed by atoms with Crippen LogP contribution in [0.5, 0.6) is 5.75 Å². The van der Waals surface area contributed by atoms with Crippen LogP contribution in [0.15, 0.2) is 23.7 Å². The number of nitrogens with zero attached hydrogens (tertiary/aromatic N) is 1. The molecule has 0 bridgehead atoms. The number of rotatable bonds is 4. The maximum atomic E-state index is 11.7. The largest absolute Gasteiger partial charge is 0.496 e. The first kappa shape index (κ1) is 10.7. The summed E-state index contributed by atoms with van der Waals surface area (Å²) in [6.07, 6.45) is 1.65. The average molecular weight is 237 g/mol. The smallest absolute Gasteiger partial charge is 0.261 e. The monoisotopic (exact) mass is 237 g/mol. The standard InChI is InChI=1S/C10H11N3O2S/c1-15-8-4-9(16-6-8)10(14)11-5-7-2-3-12-13-7/h2-4,6H,5H2,1H3,(H,11,14)(H,12,13). The van der Waals surface area contributed by atoms with Gasteiger partial charge in [0.05, 0.1) is 24.2 Å². The maximum absolute atomic E-state index is 11.7. The van der Waals surface area contributed by atoms with Crippen LogP contribution in [0.25, 0.3) is 0 Å². The predicted molar refractivity (Wildman–Crippen MR) is 60.6 cm³/mol. The maximum Gasteiger partial charge on any atom is 0.261 e. The van der Waals surface area contributed by atoms with Crippen LogP contribution < -0.4 is 10.1 Å². The SMILES string of the molecule is COc1csc(C(=O)NCc2ccn[nH]2)c1. The van der Waals surface area contributed by atoms with Crippen LogP contribution in [0.1, 0.15) is 15.4 Å². The molecular formula is C10H11N3O2S. The molecule has 0 aliphatic heterocycles. The van der Waals surface area contributed by atoms with E-state index in [-0.39, 0.29) is 5.91 Å². The lowest BCUT2D eigenvalue weighted by atomic mass is 10.4. The molecule has 0 fully saturated rings. The zero-order valence-electron chi connectivity index (χ0n) is 8.69. The van der Waals surface area contributed by atoms with Crippen LogP contribution in [0.2, 0.25) is 0 Å². The van der Waals surface area contributed by atoms with E-state index in [0.29, 0.717) is 17.2 Å². The van der Waals surface area contributed by atoms with Crippen LogP contribution in [0, 0.1) is 0 Å². The van der Waals surface area contributed by atoms with Crippen LogP contribution in [-0.2, 0) is 6.54 Å². The van der Waals surface area contributed by atoms with Crippen molar-refractivity contribution in [1.82, 2.24) is 15.5 Å². The Morgan fingerprint density at radius 3 is 3.19 bits per heavy atom. The molecule has 2 heterocycles. The summed E-state index contributed by atoms with van der Waals surface area (Å²) in [6.45, 7) is 0.444. The Hall–Kier alpha value is -1.82. The van der Waals surface area contributed by atoms with Gasteiger partial charge < -0.3 is 10.1 Å². The molecule has 16 heavy (non-hydrogen) atoms. The van der Waals surface area contributed by atoms with Gasteiger partial charge in [-0.2, -0.15) is 5.10 Å². The van der Waals surface area contributed by atoms with Crippen molar-refractivity contribution in [3.05, 3.63) is 34.3 Å². The minimum absolute atomic E-state index is 0.108. The second kappa shape index (κ2) is 4.80. The zero-order chi connectivity index (χ0) is 11.4. The molecule has 84 valence electrons. The Balaban J connectivity index is 1.93. The summed E-state index contributed by atoms with van der Waals surface area (Å²) in [5.41, 5.74) is 0.872. The van der Waals surface area contributed by atoms with E-state index in [0.717, 1.165) is 5.69 Å². The molecule has 2 aromatic heterocycles. The Morgan fingerprint density at radius 2 is 2.56 bits per heavy atom. The van der Waals surface area contributed by atoms with Gasteiger partial charge in [0.25, 0.3) is 5.91 Å². The van der Waals surface area contributed by atoms with Gasteiger partial charge in [-0.25, -0.2) is 0 Å². The van der Waals surface area contributed by atoms with Gasteiger partial charge in [-0.05, 0) is 6.07 Å². The number of thiophene rings is 1. The third-order valence-corrected chi connectivity index (χ3v) is 2.94. The van der Waals surface area contributed by atoms with Crippen LogP contribution in [-0.4, -0.2) is 23.2 Å². The normalized spacial score (nSPS) is 10.1. The molecule has 0 aliphatic carbocycles. The van der Waals surface area contributed by atoms with Gasteiger partial charge in [-0.1, -0.05) is 0 Å². The lowest BCUT2D eigenvalue weighted by Crippen LogP contribution is -2.21. The summed E-state index contributed by atoms with van der Waals surface area (Å²) in [4.78, 5) is 12.3. The van der Waals surface area contributed by atoms with E-state index in [1.807, 2.05) is 6.07 Å². The molecule has 0 radical (unpaired) electrons.